The van der Waals surface area contributed by atoms with Gasteiger partial charge in [-0.25, -0.2) is 0 Å². The normalized spacial score (nSPS) is 19.4. The highest BCUT2D eigenvalue weighted by Crippen LogP contribution is 2.50. The van der Waals surface area contributed by atoms with Crippen LogP contribution < -0.4 is 4.74 Å². The van der Waals surface area contributed by atoms with Gasteiger partial charge in [0.05, 0.1) is 5.56 Å². The summed E-state index contributed by atoms with van der Waals surface area (Å²) in [4.78, 5) is 4.24. The molecule has 3 heteroatoms. The van der Waals surface area contributed by atoms with E-state index in [-0.39, 0.29) is 0 Å². The van der Waals surface area contributed by atoms with Crippen LogP contribution in [0.3, 0.4) is 0 Å². The highest BCUT2D eigenvalue weighted by molar-refractivity contribution is 5.81. The molecule has 1 saturated carbocycles. The number of benzene rings is 1. The van der Waals surface area contributed by atoms with Crippen molar-refractivity contribution in [3.05, 3.63) is 41.7 Å². The summed E-state index contributed by atoms with van der Waals surface area (Å²) in [5, 5.41) is 10.6. The molecule has 3 nitrogen and oxygen atoms in total. The number of pyridine rings is 1. The summed E-state index contributed by atoms with van der Waals surface area (Å²) in [5.74, 6) is 2.38. The van der Waals surface area contributed by atoms with E-state index in [1.54, 1.807) is 6.20 Å². The zero-order chi connectivity index (χ0) is 16.2. The number of ether oxygens (including phenoxy) is 1. The van der Waals surface area contributed by atoms with Gasteiger partial charge in [-0.3, -0.25) is 4.98 Å². The molecule has 0 radical (unpaired) electrons. The van der Waals surface area contributed by atoms with Gasteiger partial charge in [-0.1, -0.05) is 19.8 Å². The molecule has 1 N–H and O–H groups in total. The first-order valence-electron chi connectivity index (χ1n) is 8.46. The fourth-order valence-electron chi connectivity index (χ4n) is 3.70. The molecular weight excluding hydrogens is 286 g/mol. The van der Waals surface area contributed by atoms with Crippen LogP contribution >= 0.6 is 0 Å². The number of aromatic hydroxyl groups is 1. The largest absolute Gasteiger partial charge is 0.507 e. The molecule has 1 aromatic heterocycles. The van der Waals surface area contributed by atoms with Crippen molar-refractivity contribution in [3.8, 4) is 22.6 Å². The first kappa shape index (κ1) is 14.6. The van der Waals surface area contributed by atoms with Gasteiger partial charge in [0.1, 0.15) is 17.1 Å². The third-order valence-corrected chi connectivity index (χ3v) is 5.16. The van der Waals surface area contributed by atoms with Crippen LogP contribution in [0.5, 0.6) is 11.5 Å². The van der Waals surface area contributed by atoms with Crippen LogP contribution in [-0.4, -0.2) is 10.1 Å². The average Bonchev–Trinajstić information content (AvgIpc) is 3.30. The zero-order valence-corrected chi connectivity index (χ0v) is 14.0. The van der Waals surface area contributed by atoms with E-state index < -0.39 is 5.60 Å². The quantitative estimate of drug-likeness (QED) is 0.869. The molecule has 1 unspecified atom stereocenters. The molecule has 2 aromatic rings. The number of phenols is 1. The molecule has 23 heavy (non-hydrogen) atoms. The van der Waals surface area contributed by atoms with Gasteiger partial charge in [0.15, 0.2) is 0 Å². The van der Waals surface area contributed by atoms with E-state index in [4.69, 9.17) is 4.74 Å². The lowest BCUT2D eigenvalue weighted by molar-refractivity contribution is 0.105. The molecule has 1 fully saturated rings. The maximum Gasteiger partial charge on any atom is 0.132 e. The molecule has 120 valence electrons. The Kier molecular flexibility index (Phi) is 3.15. The van der Waals surface area contributed by atoms with Crippen LogP contribution in [0.4, 0.5) is 0 Å². The third-order valence-electron chi connectivity index (χ3n) is 5.16. The Hall–Kier alpha value is -2.03. The second-order valence-corrected chi connectivity index (χ2v) is 7.53. The maximum absolute atomic E-state index is 10.6. The fourth-order valence-corrected chi connectivity index (χ4v) is 3.70. The SMILES string of the molecule is CC(CC1CC1)c1cc(O)c2c(c1)OC(C)(C)c1ccncc1-2. The van der Waals surface area contributed by atoms with Crippen molar-refractivity contribution in [2.24, 2.45) is 5.92 Å². The Morgan fingerprint density at radius 1 is 1.35 bits per heavy atom. The van der Waals surface area contributed by atoms with Crippen LogP contribution in [0, 0.1) is 5.92 Å². The van der Waals surface area contributed by atoms with Crippen molar-refractivity contribution >= 4 is 0 Å². The van der Waals surface area contributed by atoms with E-state index in [2.05, 4.69) is 31.8 Å². The standard InChI is InChI=1S/C20H23NO2/c1-12(8-13-4-5-13)14-9-17(22)19-15-11-21-7-6-16(15)20(2,3)23-18(19)10-14/h6-7,9-13,22H,4-5,8H2,1-3H3. The Morgan fingerprint density at radius 2 is 2.13 bits per heavy atom. The summed E-state index contributed by atoms with van der Waals surface area (Å²) in [6, 6.07) is 5.99. The third kappa shape index (κ3) is 2.48. The predicted octanol–water partition coefficient (Wildman–Crippen LogP) is 4.99. The van der Waals surface area contributed by atoms with Gasteiger partial charge in [-0.2, -0.15) is 0 Å². The lowest BCUT2D eigenvalue weighted by atomic mass is 9.85. The molecule has 2 aliphatic rings. The van der Waals surface area contributed by atoms with Crippen LogP contribution in [0.1, 0.15) is 57.1 Å². The molecule has 1 aromatic carbocycles. The Bertz CT molecular complexity index is 762. The highest BCUT2D eigenvalue weighted by atomic mass is 16.5. The topological polar surface area (TPSA) is 42.4 Å². The van der Waals surface area contributed by atoms with Gasteiger partial charge in [-0.05, 0) is 55.9 Å². The number of phenolic OH excluding ortho intramolecular Hbond substituents is 1. The lowest BCUT2D eigenvalue weighted by Gasteiger charge is -2.35. The summed E-state index contributed by atoms with van der Waals surface area (Å²) in [7, 11) is 0. The smallest absolute Gasteiger partial charge is 0.132 e. The van der Waals surface area contributed by atoms with Gasteiger partial charge in [0.25, 0.3) is 0 Å². The van der Waals surface area contributed by atoms with Crippen molar-refractivity contribution in [1.82, 2.24) is 4.98 Å². The van der Waals surface area contributed by atoms with E-state index in [9.17, 15) is 5.11 Å². The van der Waals surface area contributed by atoms with Crippen molar-refractivity contribution in [2.45, 2.75) is 51.6 Å². The van der Waals surface area contributed by atoms with Crippen molar-refractivity contribution in [2.75, 3.05) is 0 Å². The van der Waals surface area contributed by atoms with Gasteiger partial charge in [0, 0.05) is 23.5 Å². The van der Waals surface area contributed by atoms with Gasteiger partial charge >= 0.3 is 0 Å². The Balaban J connectivity index is 1.81. The first-order chi connectivity index (χ1) is 11.0. The Labute approximate surface area is 137 Å². The van der Waals surface area contributed by atoms with Gasteiger partial charge < -0.3 is 9.84 Å². The summed E-state index contributed by atoms with van der Waals surface area (Å²) in [5.41, 5.74) is 3.55. The molecule has 2 heterocycles. The number of hydrogen-bond donors (Lipinski definition) is 1. The number of aromatic nitrogens is 1. The van der Waals surface area contributed by atoms with Crippen molar-refractivity contribution < 1.29 is 9.84 Å². The van der Waals surface area contributed by atoms with Crippen LogP contribution in [0.25, 0.3) is 11.1 Å². The second-order valence-electron chi connectivity index (χ2n) is 7.53. The minimum absolute atomic E-state index is 0.296. The predicted molar refractivity (Wildman–Crippen MR) is 90.7 cm³/mol. The second kappa shape index (κ2) is 4.98. The van der Waals surface area contributed by atoms with Crippen molar-refractivity contribution in [3.63, 3.8) is 0 Å². The van der Waals surface area contributed by atoms with Crippen LogP contribution in [0.15, 0.2) is 30.6 Å². The molecule has 1 atom stereocenters. The molecule has 0 saturated heterocycles. The minimum Gasteiger partial charge on any atom is -0.507 e. The fraction of sp³-hybridized carbons (Fsp3) is 0.450. The van der Waals surface area contributed by atoms with E-state index in [0.29, 0.717) is 11.7 Å². The molecule has 1 aliphatic carbocycles. The maximum atomic E-state index is 10.6. The summed E-state index contributed by atoms with van der Waals surface area (Å²) >= 11 is 0. The number of fused-ring (bicyclic) bond motifs is 3. The van der Waals surface area contributed by atoms with E-state index in [1.165, 1.54) is 19.3 Å². The van der Waals surface area contributed by atoms with Crippen LogP contribution in [0.2, 0.25) is 0 Å². The Morgan fingerprint density at radius 3 is 2.87 bits per heavy atom. The highest BCUT2D eigenvalue weighted by Gasteiger charge is 2.35. The van der Waals surface area contributed by atoms with Gasteiger partial charge in [-0.15, -0.1) is 0 Å². The molecule has 0 spiro atoms. The molecule has 0 bridgehead atoms. The molecule has 4 rings (SSSR count). The van der Waals surface area contributed by atoms with Crippen molar-refractivity contribution in [1.29, 1.82) is 0 Å². The number of hydrogen-bond acceptors (Lipinski definition) is 3. The lowest BCUT2D eigenvalue weighted by Crippen LogP contribution is -2.29. The number of rotatable bonds is 3. The summed E-state index contributed by atoms with van der Waals surface area (Å²) < 4.78 is 6.25. The number of nitrogens with zero attached hydrogens (tertiary/aromatic N) is 1. The molecule has 1 aliphatic heterocycles. The summed E-state index contributed by atoms with van der Waals surface area (Å²) in [6.07, 6.45) is 7.50. The van der Waals surface area contributed by atoms with E-state index in [0.717, 1.165) is 33.9 Å². The first-order valence-corrected chi connectivity index (χ1v) is 8.46. The monoisotopic (exact) mass is 309 g/mol. The average molecular weight is 309 g/mol. The summed E-state index contributed by atoms with van der Waals surface area (Å²) in [6.45, 7) is 6.36. The minimum atomic E-state index is -0.421. The van der Waals surface area contributed by atoms with E-state index in [1.807, 2.05) is 18.3 Å². The molecule has 0 amide bonds. The van der Waals surface area contributed by atoms with E-state index >= 15 is 0 Å². The zero-order valence-electron chi connectivity index (χ0n) is 14.0. The van der Waals surface area contributed by atoms with Gasteiger partial charge in [0.2, 0.25) is 0 Å². The molecular formula is C20H23NO2. The van der Waals surface area contributed by atoms with Crippen LogP contribution in [-0.2, 0) is 5.60 Å².